The van der Waals surface area contributed by atoms with E-state index in [4.69, 9.17) is 0 Å². The molecular weight excluding hydrogens is 208 g/mol. The zero-order chi connectivity index (χ0) is 12.3. The van der Waals surface area contributed by atoms with Crippen molar-refractivity contribution in [3.63, 3.8) is 0 Å². The van der Waals surface area contributed by atoms with Crippen molar-refractivity contribution in [1.29, 1.82) is 0 Å². The lowest BCUT2D eigenvalue weighted by atomic mass is 9.83. The zero-order valence-electron chi connectivity index (χ0n) is 11.5. The molecule has 2 rings (SSSR count). The first-order valence-corrected chi connectivity index (χ1v) is 7.26. The van der Waals surface area contributed by atoms with Crippen molar-refractivity contribution in [3.8, 4) is 0 Å². The van der Waals surface area contributed by atoms with E-state index in [2.05, 4.69) is 30.9 Å². The summed E-state index contributed by atoms with van der Waals surface area (Å²) in [5, 5.41) is 3.56. The van der Waals surface area contributed by atoms with Crippen LogP contribution in [0.5, 0.6) is 0 Å². The van der Waals surface area contributed by atoms with Gasteiger partial charge in [-0.25, -0.2) is 0 Å². The first kappa shape index (κ1) is 13.1. The van der Waals surface area contributed by atoms with E-state index in [0.717, 1.165) is 30.5 Å². The van der Waals surface area contributed by atoms with Gasteiger partial charge in [0.15, 0.2) is 0 Å². The molecule has 0 spiro atoms. The number of nitrogens with one attached hydrogen (secondary N) is 1. The lowest BCUT2D eigenvalue weighted by molar-refractivity contribution is 0.111. The van der Waals surface area contributed by atoms with Gasteiger partial charge in [0.1, 0.15) is 0 Å². The number of allylic oxidation sites excluding steroid dienone is 1. The summed E-state index contributed by atoms with van der Waals surface area (Å²) in [5.41, 5.74) is 0. The Bertz CT molecular complexity index is 237. The number of fused-ring (bicyclic) bond motifs is 2. The van der Waals surface area contributed by atoms with E-state index in [1.165, 1.54) is 38.5 Å². The molecule has 98 valence electrons. The highest BCUT2D eigenvalue weighted by molar-refractivity contribution is 4.96. The van der Waals surface area contributed by atoms with Crippen molar-refractivity contribution in [2.24, 2.45) is 5.92 Å². The highest BCUT2D eigenvalue weighted by Crippen LogP contribution is 2.39. The van der Waals surface area contributed by atoms with Crippen LogP contribution in [-0.2, 0) is 0 Å². The van der Waals surface area contributed by atoms with Crippen LogP contribution in [0, 0.1) is 5.92 Å². The van der Waals surface area contributed by atoms with Gasteiger partial charge in [0.2, 0.25) is 0 Å². The summed E-state index contributed by atoms with van der Waals surface area (Å²) in [6, 6.07) is 2.47. The second-order valence-corrected chi connectivity index (χ2v) is 5.90. The number of rotatable bonds is 6. The van der Waals surface area contributed by atoms with Gasteiger partial charge in [0.25, 0.3) is 0 Å². The molecule has 0 aromatic heterocycles. The van der Waals surface area contributed by atoms with Gasteiger partial charge in [0, 0.05) is 18.1 Å². The summed E-state index contributed by atoms with van der Waals surface area (Å²) in [5.74, 6) is 0.901. The first-order valence-electron chi connectivity index (χ1n) is 7.26. The van der Waals surface area contributed by atoms with E-state index in [1.54, 1.807) is 0 Å². The molecule has 2 nitrogen and oxygen atoms in total. The highest BCUT2D eigenvalue weighted by Gasteiger charge is 2.40. The van der Waals surface area contributed by atoms with Crippen LogP contribution < -0.4 is 5.32 Å². The Balaban J connectivity index is 1.86. The van der Waals surface area contributed by atoms with Gasteiger partial charge in [-0.3, -0.25) is 0 Å². The van der Waals surface area contributed by atoms with Crippen LogP contribution in [0.1, 0.15) is 44.9 Å². The molecule has 1 N–H and O–H groups in total. The molecule has 3 atom stereocenters. The van der Waals surface area contributed by atoms with E-state index in [1.807, 2.05) is 6.08 Å². The Morgan fingerprint density at radius 2 is 2.00 bits per heavy atom. The van der Waals surface area contributed by atoms with Gasteiger partial charge in [-0.05, 0) is 65.0 Å². The average Bonchev–Trinajstić information content (AvgIpc) is 2.56. The molecule has 0 amide bonds. The van der Waals surface area contributed by atoms with Gasteiger partial charge in [-0.2, -0.15) is 0 Å². The third kappa shape index (κ3) is 2.92. The maximum atomic E-state index is 3.81. The maximum Gasteiger partial charge on any atom is 0.00989 e. The van der Waals surface area contributed by atoms with Crippen molar-refractivity contribution in [2.75, 3.05) is 14.1 Å². The molecular formula is C15H28N2. The predicted molar refractivity (Wildman–Crippen MR) is 74.2 cm³/mol. The van der Waals surface area contributed by atoms with Crippen LogP contribution in [0.25, 0.3) is 0 Å². The van der Waals surface area contributed by atoms with Crippen LogP contribution in [0.4, 0.5) is 0 Å². The third-order valence-electron chi connectivity index (χ3n) is 5.00. The molecule has 0 aromatic carbocycles. The Morgan fingerprint density at radius 1 is 1.35 bits per heavy atom. The molecule has 2 aliphatic heterocycles. The lowest BCUT2D eigenvalue weighted by Crippen LogP contribution is -2.46. The molecule has 2 heteroatoms. The molecule has 0 radical (unpaired) electrons. The normalized spacial score (nSPS) is 34.8. The molecule has 2 bridgehead atoms. The van der Waals surface area contributed by atoms with E-state index < -0.39 is 0 Å². The molecule has 2 aliphatic rings. The number of unbranched alkanes of at least 4 members (excludes halogenated alkanes) is 1. The summed E-state index contributed by atoms with van der Waals surface area (Å²) in [6.07, 6.45) is 11.5. The fourth-order valence-electron chi connectivity index (χ4n) is 3.88. The fraction of sp³-hybridized carbons (Fsp3) is 0.867. The van der Waals surface area contributed by atoms with Crippen molar-refractivity contribution in [3.05, 3.63) is 12.7 Å². The molecule has 3 unspecified atom stereocenters. The van der Waals surface area contributed by atoms with Gasteiger partial charge in [0.05, 0.1) is 0 Å². The smallest absolute Gasteiger partial charge is 0.00989 e. The van der Waals surface area contributed by atoms with Gasteiger partial charge in [-0.1, -0.05) is 6.08 Å². The van der Waals surface area contributed by atoms with Crippen LogP contribution in [0.3, 0.4) is 0 Å². The fourth-order valence-corrected chi connectivity index (χ4v) is 3.88. The minimum absolute atomic E-state index is 0.728. The molecule has 17 heavy (non-hydrogen) atoms. The van der Waals surface area contributed by atoms with E-state index in [9.17, 15) is 0 Å². The average molecular weight is 236 g/mol. The Kier molecular flexibility index (Phi) is 4.63. The number of piperidine rings is 1. The van der Waals surface area contributed by atoms with E-state index >= 15 is 0 Å². The highest BCUT2D eigenvalue weighted by atomic mass is 15.2. The molecule has 2 saturated heterocycles. The summed E-state index contributed by atoms with van der Waals surface area (Å²) in [7, 11) is 4.46. The van der Waals surface area contributed by atoms with E-state index in [0.29, 0.717) is 0 Å². The van der Waals surface area contributed by atoms with Crippen LogP contribution in [-0.4, -0.2) is 37.1 Å². The zero-order valence-corrected chi connectivity index (χ0v) is 11.5. The second-order valence-electron chi connectivity index (χ2n) is 5.90. The number of hydrogen-bond acceptors (Lipinski definition) is 2. The van der Waals surface area contributed by atoms with Crippen LogP contribution in [0.15, 0.2) is 12.7 Å². The van der Waals surface area contributed by atoms with Gasteiger partial charge in [-0.15, -0.1) is 6.58 Å². The quantitative estimate of drug-likeness (QED) is 0.563. The molecule has 2 heterocycles. The monoisotopic (exact) mass is 236 g/mol. The summed E-state index contributed by atoms with van der Waals surface area (Å²) >= 11 is 0. The predicted octanol–water partition coefficient (Wildman–Crippen LogP) is 2.80. The number of hydrogen-bond donors (Lipinski definition) is 1. The first-order chi connectivity index (χ1) is 8.26. The SMILES string of the molecule is C=CCCCC(NC)C1CC2CCC(C1)N2C. The molecule has 0 aliphatic carbocycles. The van der Waals surface area contributed by atoms with Gasteiger partial charge < -0.3 is 10.2 Å². The number of nitrogens with zero attached hydrogens (tertiary/aromatic N) is 1. The lowest BCUT2D eigenvalue weighted by Gasteiger charge is -2.40. The van der Waals surface area contributed by atoms with Crippen molar-refractivity contribution < 1.29 is 0 Å². The molecule has 0 saturated carbocycles. The van der Waals surface area contributed by atoms with Crippen LogP contribution >= 0.6 is 0 Å². The minimum atomic E-state index is 0.728. The maximum absolute atomic E-state index is 3.81. The van der Waals surface area contributed by atoms with Crippen LogP contribution in [0.2, 0.25) is 0 Å². The minimum Gasteiger partial charge on any atom is -0.317 e. The standard InChI is InChI=1S/C15H28N2/c1-4-5-6-7-15(16-2)12-10-13-8-9-14(11-12)17(13)3/h4,12-16H,1,5-11H2,2-3H3. The largest absolute Gasteiger partial charge is 0.317 e. The van der Waals surface area contributed by atoms with Gasteiger partial charge >= 0.3 is 0 Å². The Morgan fingerprint density at radius 3 is 2.53 bits per heavy atom. The summed E-state index contributed by atoms with van der Waals surface area (Å²) in [4.78, 5) is 2.63. The second kappa shape index (κ2) is 6.01. The summed E-state index contributed by atoms with van der Waals surface area (Å²) in [6.45, 7) is 3.81. The Labute approximate surface area is 106 Å². The molecule has 2 fully saturated rings. The van der Waals surface area contributed by atoms with Crippen molar-refractivity contribution in [1.82, 2.24) is 10.2 Å². The molecule has 0 aromatic rings. The van der Waals surface area contributed by atoms with Crippen molar-refractivity contribution >= 4 is 0 Å². The summed E-state index contributed by atoms with van der Waals surface area (Å²) < 4.78 is 0. The third-order valence-corrected chi connectivity index (χ3v) is 5.00. The van der Waals surface area contributed by atoms with E-state index in [-0.39, 0.29) is 0 Å². The topological polar surface area (TPSA) is 15.3 Å². The van der Waals surface area contributed by atoms with Crippen molar-refractivity contribution in [2.45, 2.75) is 63.1 Å². The Hall–Kier alpha value is -0.340.